The summed E-state index contributed by atoms with van der Waals surface area (Å²) in [5, 5.41) is 7.27. The van der Waals surface area contributed by atoms with Gasteiger partial charge in [0.05, 0.1) is 33.0 Å². The summed E-state index contributed by atoms with van der Waals surface area (Å²) in [6.45, 7) is 7.43. The van der Waals surface area contributed by atoms with E-state index in [1.54, 1.807) is 7.11 Å². The van der Waals surface area contributed by atoms with Crippen LogP contribution < -0.4 is 24.7 Å². The predicted octanol–water partition coefficient (Wildman–Crippen LogP) is 3.72. The van der Waals surface area contributed by atoms with E-state index in [2.05, 4.69) is 15.2 Å². The molecule has 0 saturated heterocycles. The van der Waals surface area contributed by atoms with Crippen molar-refractivity contribution in [3.63, 3.8) is 0 Å². The second-order valence-electron chi connectivity index (χ2n) is 6.39. The molecular weight excluding hydrogens is 384 g/mol. The number of aromatic amines is 1. The molecule has 0 bridgehead atoms. The Morgan fingerprint density at radius 2 is 1.50 bits per heavy atom. The lowest BCUT2D eigenvalue weighted by atomic mass is 10.1. The minimum absolute atomic E-state index is 0.495. The molecule has 0 fully saturated rings. The highest BCUT2D eigenvalue weighted by atomic mass is 16.5. The number of aromatic nitrogens is 3. The van der Waals surface area contributed by atoms with Crippen LogP contribution >= 0.6 is 0 Å². The molecule has 8 heteroatoms. The maximum absolute atomic E-state index is 6.42. The van der Waals surface area contributed by atoms with Gasteiger partial charge in [-0.15, -0.1) is 0 Å². The molecule has 0 radical (unpaired) electrons. The predicted molar refractivity (Wildman–Crippen MR) is 114 cm³/mol. The summed E-state index contributed by atoms with van der Waals surface area (Å²) in [4.78, 5) is 4.59. The fourth-order valence-electron chi connectivity index (χ4n) is 3.04. The Balaban J connectivity index is 1.86. The molecule has 8 nitrogen and oxygen atoms in total. The van der Waals surface area contributed by atoms with Gasteiger partial charge in [-0.05, 0) is 56.7 Å². The van der Waals surface area contributed by atoms with Gasteiger partial charge in [0.1, 0.15) is 5.82 Å². The van der Waals surface area contributed by atoms with Crippen LogP contribution in [0.4, 0.5) is 0 Å². The van der Waals surface area contributed by atoms with Gasteiger partial charge in [0.2, 0.25) is 0 Å². The standard InChI is InChI=1S/C22H28N4O4/c1-5-28-16-10-8-14(12-18(16)27-4)20(23)22-24-21(25-26-22)15-9-11-17(29-6-2)19(13-15)30-7-3/h8-13,20H,5-7,23H2,1-4H3,(H,24,25,26). The van der Waals surface area contributed by atoms with E-state index in [0.29, 0.717) is 54.5 Å². The van der Waals surface area contributed by atoms with Crippen LogP contribution in [0.15, 0.2) is 36.4 Å². The van der Waals surface area contributed by atoms with Crippen LogP contribution in [0.1, 0.15) is 38.2 Å². The topological polar surface area (TPSA) is 105 Å². The smallest absolute Gasteiger partial charge is 0.181 e. The molecule has 0 aliphatic rings. The Labute approximate surface area is 176 Å². The summed E-state index contributed by atoms with van der Waals surface area (Å²) in [5.41, 5.74) is 8.06. The van der Waals surface area contributed by atoms with Gasteiger partial charge >= 0.3 is 0 Å². The molecular formula is C22H28N4O4. The van der Waals surface area contributed by atoms with E-state index in [9.17, 15) is 0 Å². The molecule has 0 aliphatic carbocycles. The lowest BCUT2D eigenvalue weighted by molar-refractivity contribution is 0.288. The van der Waals surface area contributed by atoms with Gasteiger partial charge in [-0.25, -0.2) is 4.98 Å². The average molecular weight is 412 g/mol. The molecule has 1 unspecified atom stereocenters. The first-order valence-electron chi connectivity index (χ1n) is 9.99. The third-order valence-electron chi connectivity index (χ3n) is 4.45. The summed E-state index contributed by atoms with van der Waals surface area (Å²) in [6.07, 6.45) is 0. The lowest BCUT2D eigenvalue weighted by Crippen LogP contribution is -2.14. The Morgan fingerprint density at radius 1 is 0.867 bits per heavy atom. The van der Waals surface area contributed by atoms with Crippen molar-refractivity contribution in [3.8, 4) is 34.4 Å². The Bertz CT molecular complexity index is 974. The Morgan fingerprint density at radius 3 is 2.17 bits per heavy atom. The van der Waals surface area contributed by atoms with Crippen LogP contribution in [0.25, 0.3) is 11.4 Å². The molecule has 3 aromatic rings. The number of nitrogens with zero attached hydrogens (tertiary/aromatic N) is 2. The maximum atomic E-state index is 6.42. The van der Waals surface area contributed by atoms with Gasteiger partial charge < -0.3 is 24.7 Å². The van der Waals surface area contributed by atoms with Crippen molar-refractivity contribution in [1.29, 1.82) is 0 Å². The van der Waals surface area contributed by atoms with Gasteiger partial charge in [-0.3, -0.25) is 5.10 Å². The number of hydrogen-bond acceptors (Lipinski definition) is 7. The minimum Gasteiger partial charge on any atom is -0.493 e. The average Bonchev–Trinajstić information content (AvgIpc) is 3.25. The SMILES string of the molecule is CCOc1ccc(C(N)c2nc(-c3ccc(OCC)c(OCC)c3)n[nH]2)cc1OC. The molecule has 3 rings (SSSR count). The first kappa shape index (κ1) is 21.4. The van der Waals surface area contributed by atoms with Crippen molar-refractivity contribution >= 4 is 0 Å². The molecule has 1 atom stereocenters. The van der Waals surface area contributed by atoms with Crippen molar-refractivity contribution in [1.82, 2.24) is 15.2 Å². The number of rotatable bonds is 10. The van der Waals surface area contributed by atoms with Crippen molar-refractivity contribution in [2.45, 2.75) is 26.8 Å². The van der Waals surface area contributed by atoms with Crippen LogP contribution in [-0.2, 0) is 0 Å². The van der Waals surface area contributed by atoms with E-state index in [4.69, 9.17) is 24.7 Å². The summed E-state index contributed by atoms with van der Waals surface area (Å²) < 4.78 is 22.3. The quantitative estimate of drug-likeness (QED) is 0.523. The maximum Gasteiger partial charge on any atom is 0.181 e. The molecule has 3 N–H and O–H groups in total. The van der Waals surface area contributed by atoms with Crippen molar-refractivity contribution < 1.29 is 18.9 Å². The van der Waals surface area contributed by atoms with E-state index in [1.165, 1.54) is 0 Å². The van der Waals surface area contributed by atoms with E-state index in [0.717, 1.165) is 11.1 Å². The third-order valence-corrected chi connectivity index (χ3v) is 4.45. The number of methoxy groups -OCH3 is 1. The first-order chi connectivity index (χ1) is 14.6. The number of nitrogens with one attached hydrogen (secondary N) is 1. The summed E-state index contributed by atoms with van der Waals surface area (Å²) in [6, 6.07) is 10.7. The first-order valence-corrected chi connectivity index (χ1v) is 9.99. The summed E-state index contributed by atoms with van der Waals surface area (Å²) in [7, 11) is 1.60. The van der Waals surface area contributed by atoms with Crippen molar-refractivity contribution in [3.05, 3.63) is 47.8 Å². The fraction of sp³-hybridized carbons (Fsp3) is 0.364. The molecule has 0 amide bonds. The molecule has 30 heavy (non-hydrogen) atoms. The van der Waals surface area contributed by atoms with E-state index >= 15 is 0 Å². The number of H-pyrrole nitrogens is 1. The van der Waals surface area contributed by atoms with Crippen molar-refractivity contribution in [2.24, 2.45) is 5.73 Å². The van der Waals surface area contributed by atoms with Gasteiger partial charge in [0.25, 0.3) is 0 Å². The van der Waals surface area contributed by atoms with Crippen LogP contribution in [0, 0.1) is 0 Å². The minimum atomic E-state index is -0.495. The zero-order chi connectivity index (χ0) is 21.5. The second kappa shape index (κ2) is 9.98. The molecule has 0 saturated carbocycles. The van der Waals surface area contributed by atoms with Crippen molar-refractivity contribution in [2.75, 3.05) is 26.9 Å². The zero-order valence-corrected chi connectivity index (χ0v) is 17.8. The highest BCUT2D eigenvalue weighted by Crippen LogP contribution is 2.33. The van der Waals surface area contributed by atoms with Crippen LogP contribution in [0.3, 0.4) is 0 Å². The largest absolute Gasteiger partial charge is 0.493 e. The van der Waals surface area contributed by atoms with E-state index in [1.807, 2.05) is 57.2 Å². The lowest BCUT2D eigenvalue weighted by Gasteiger charge is -2.14. The van der Waals surface area contributed by atoms with Gasteiger partial charge in [-0.2, -0.15) is 5.10 Å². The monoisotopic (exact) mass is 412 g/mol. The van der Waals surface area contributed by atoms with E-state index < -0.39 is 6.04 Å². The summed E-state index contributed by atoms with van der Waals surface area (Å²) in [5.74, 6) is 3.72. The van der Waals surface area contributed by atoms with Gasteiger partial charge in [-0.1, -0.05) is 6.07 Å². The number of benzene rings is 2. The molecule has 160 valence electrons. The molecule has 1 heterocycles. The third kappa shape index (κ3) is 4.65. The molecule has 1 aromatic heterocycles. The van der Waals surface area contributed by atoms with Crippen LogP contribution in [0.5, 0.6) is 23.0 Å². The number of nitrogens with two attached hydrogens (primary N) is 1. The van der Waals surface area contributed by atoms with Gasteiger partial charge in [0, 0.05) is 5.56 Å². The number of hydrogen-bond donors (Lipinski definition) is 2. The fourth-order valence-corrected chi connectivity index (χ4v) is 3.04. The van der Waals surface area contributed by atoms with E-state index in [-0.39, 0.29) is 0 Å². The molecule has 0 spiro atoms. The normalized spacial score (nSPS) is 11.8. The zero-order valence-electron chi connectivity index (χ0n) is 17.8. The highest BCUT2D eigenvalue weighted by Gasteiger charge is 2.18. The molecule has 2 aromatic carbocycles. The van der Waals surface area contributed by atoms with Gasteiger partial charge in [0.15, 0.2) is 28.8 Å². The number of ether oxygens (including phenoxy) is 4. The second-order valence-corrected chi connectivity index (χ2v) is 6.39. The van der Waals surface area contributed by atoms with Crippen LogP contribution in [-0.4, -0.2) is 42.1 Å². The van der Waals surface area contributed by atoms with Crippen LogP contribution in [0.2, 0.25) is 0 Å². The summed E-state index contributed by atoms with van der Waals surface area (Å²) >= 11 is 0. The Kier molecular flexibility index (Phi) is 7.13. The highest BCUT2D eigenvalue weighted by molar-refractivity contribution is 5.61. The molecule has 0 aliphatic heterocycles. The Hall–Kier alpha value is -3.26.